The molecular formula is C11H22N2O2S. The summed E-state index contributed by atoms with van der Waals surface area (Å²) in [6.07, 6.45) is 1.99. The van der Waals surface area contributed by atoms with Gasteiger partial charge in [-0.1, -0.05) is 0 Å². The van der Waals surface area contributed by atoms with Crippen LogP contribution in [0.4, 0.5) is 0 Å². The Bertz CT molecular complexity index is 234. The van der Waals surface area contributed by atoms with Crippen LogP contribution in [-0.4, -0.2) is 43.6 Å². The largest absolute Gasteiger partial charge is 0.383 e. The molecular weight excluding hydrogens is 224 g/mol. The molecule has 0 aromatic carbocycles. The van der Waals surface area contributed by atoms with Gasteiger partial charge in [-0.15, -0.1) is 0 Å². The Hall–Kier alpha value is -0.390. The molecule has 0 aromatic rings. The van der Waals surface area contributed by atoms with Gasteiger partial charge in [-0.25, -0.2) is 0 Å². The van der Waals surface area contributed by atoms with Crippen molar-refractivity contribution in [3.63, 3.8) is 0 Å². The Morgan fingerprint density at radius 3 is 2.94 bits per heavy atom. The third kappa shape index (κ3) is 5.09. The van der Waals surface area contributed by atoms with Gasteiger partial charge in [-0.05, 0) is 38.9 Å². The van der Waals surface area contributed by atoms with E-state index in [2.05, 4.69) is 24.5 Å². The number of methoxy groups -OCH3 is 1. The van der Waals surface area contributed by atoms with Gasteiger partial charge in [0.05, 0.1) is 12.2 Å². The van der Waals surface area contributed by atoms with Crippen LogP contribution in [0.5, 0.6) is 0 Å². The van der Waals surface area contributed by atoms with Crippen molar-refractivity contribution in [2.24, 2.45) is 0 Å². The van der Waals surface area contributed by atoms with E-state index in [0.29, 0.717) is 17.8 Å². The number of rotatable bonds is 4. The summed E-state index contributed by atoms with van der Waals surface area (Å²) in [5.41, 5.74) is -0.0436. The highest BCUT2D eigenvalue weighted by Gasteiger charge is 2.28. The van der Waals surface area contributed by atoms with Gasteiger partial charge >= 0.3 is 0 Å². The number of nitrogens with one attached hydrogen (secondary N) is 2. The van der Waals surface area contributed by atoms with Gasteiger partial charge < -0.3 is 20.1 Å². The second kappa shape index (κ2) is 6.37. The molecule has 2 N–H and O–H groups in total. The highest BCUT2D eigenvalue weighted by atomic mass is 32.1. The number of thiocarbonyl (C=S) groups is 1. The van der Waals surface area contributed by atoms with E-state index in [1.54, 1.807) is 7.11 Å². The Balaban J connectivity index is 2.23. The van der Waals surface area contributed by atoms with E-state index in [-0.39, 0.29) is 5.60 Å². The maximum absolute atomic E-state index is 5.65. The summed E-state index contributed by atoms with van der Waals surface area (Å²) in [6.45, 7) is 6.44. The van der Waals surface area contributed by atoms with E-state index in [1.807, 2.05) is 0 Å². The minimum Gasteiger partial charge on any atom is -0.383 e. The minimum absolute atomic E-state index is 0.0436. The van der Waals surface area contributed by atoms with Crippen molar-refractivity contribution in [3.05, 3.63) is 0 Å². The Morgan fingerprint density at radius 1 is 1.56 bits per heavy atom. The smallest absolute Gasteiger partial charge is 0.166 e. The normalized spacial score (nSPS) is 23.8. The predicted octanol–water partition coefficient (Wildman–Crippen LogP) is 1.05. The molecule has 1 aliphatic heterocycles. The average Bonchev–Trinajstić information content (AvgIpc) is 2.16. The van der Waals surface area contributed by atoms with Crippen LogP contribution in [0.2, 0.25) is 0 Å². The van der Waals surface area contributed by atoms with Crippen LogP contribution in [-0.2, 0) is 9.47 Å². The SMILES string of the molecule is COCCNC(=S)NC1CCOC(C)(C)C1. The average molecular weight is 246 g/mol. The Labute approximate surface area is 103 Å². The van der Waals surface area contributed by atoms with Crippen molar-refractivity contribution in [1.29, 1.82) is 0 Å². The molecule has 1 fully saturated rings. The predicted molar refractivity (Wildman–Crippen MR) is 68.7 cm³/mol. The molecule has 16 heavy (non-hydrogen) atoms. The summed E-state index contributed by atoms with van der Waals surface area (Å²) in [5.74, 6) is 0. The molecule has 1 saturated heterocycles. The number of ether oxygens (including phenoxy) is 2. The summed E-state index contributed by atoms with van der Waals surface area (Å²) < 4.78 is 10.6. The maximum atomic E-state index is 5.65. The van der Waals surface area contributed by atoms with Crippen molar-refractivity contribution in [2.45, 2.75) is 38.3 Å². The van der Waals surface area contributed by atoms with Crippen molar-refractivity contribution < 1.29 is 9.47 Å². The summed E-state index contributed by atoms with van der Waals surface area (Å²) in [6, 6.07) is 0.409. The standard InChI is InChI=1S/C11H22N2O2S/c1-11(2)8-9(4-6-15-11)13-10(16)12-5-7-14-3/h9H,4-8H2,1-3H3,(H2,12,13,16). The van der Waals surface area contributed by atoms with Crippen LogP contribution < -0.4 is 10.6 Å². The molecule has 1 heterocycles. The molecule has 5 heteroatoms. The Kier molecular flexibility index (Phi) is 5.44. The lowest BCUT2D eigenvalue weighted by Gasteiger charge is -2.36. The molecule has 0 radical (unpaired) electrons. The zero-order chi connectivity index (χ0) is 12.0. The molecule has 0 amide bonds. The lowest BCUT2D eigenvalue weighted by molar-refractivity contribution is -0.0604. The van der Waals surface area contributed by atoms with Crippen LogP contribution in [0.3, 0.4) is 0 Å². The zero-order valence-electron chi connectivity index (χ0n) is 10.3. The third-order valence-corrected chi connectivity index (χ3v) is 2.89. The van der Waals surface area contributed by atoms with Crippen molar-refractivity contribution in [1.82, 2.24) is 10.6 Å². The monoisotopic (exact) mass is 246 g/mol. The third-order valence-electron chi connectivity index (χ3n) is 2.62. The lowest BCUT2D eigenvalue weighted by atomic mass is 9.94. The van der Waals surface area contributed by atoms with E-state index < -0.39 is 0 Å². The van der Waals surface area contributed by atoms with Crippen LogP contribution in [0.15, 0.2) is 0 Å². The first kappa shape index (κ1) is 13.7. The molecule has 1 unspecified atom stereocenters. The first-order valence-electron chi connectivity index (χ1n) is 5.71. The second-order valence-corrected chi connectivity index (χ2v) is 5.10. The van der Waals surface area contributed by atoms with E-state index in [4.69, 9.17) is 21.7 Å². The van der Waals surface area contributed by atoms with E-state index in [9.17, 15) is 0 Å². The fourth-order valence-electron chi connectivity index (χ4n) is 1.86. The molecule has 0 saturated carbocycles. The molecule has 0 bridgehead atoms. The van der Waals surface area contributed by atoms with E-state index in [1.165, 1.54) is 0 Å². The van der Waals surface area contributed by atoms with Gasteiger partial charge in [0, 0.05) is 26.3 Å². The number of hydrogen-bond donors (Lipinski definition) is 2. The van der Waals surface area contributed by atoms with Crippen LogP contribution in [0.25, 0.3) is 0 Å². The molecule has 1 atom stereocenters. The molecule has 0 spiro atoms. The van der Waals surface area contributed by atoms with Crippen LogP contribution in [0, 0.1) is 0 Å². The first-order chi connectivity index (χ1) is 7.53. The van der Waals surface area contributed by atoms with Crippen molar-refractivity contribution >= 4 is 17.3 Å². The fourth-order valence-corrected chi connectivity index (χ4v) is 2.13. The summed E-state index contributed by atoms with van der Waals surface area (Å²) >= 11 is 5.20. The molecule has 0 aliphatic carbocycles. The minimum atomic E-state index is -0.0436. The number of hydrogen-bond acceptors (Lipinski definition) is 3. The van der Waals surface area contributed by atoms with E-state index >= 15 is 0 Å². The molecule has 1 rings (SSSR count). The van der Waals surface area contributed by atoms with Gasteiger partial charge in [-0.2, -0.15) is 0 Å². The highest BCUT2D eigenvalue weighted by Crippen LogP contribution is 2.23. The van der Waals surface area contributed by atoms with Gasteiger partial charge in [-0.3, -0.25) is 0 Å². The summed E-state index contributed by atoms with van der Waals surface area (Å²) in [4.78, 5) is 0. The van der Waals surface area contributed by atoms with Crippen molar-refractivity contribution in [2.75, 3.05) is 26.9 Å². The second-order valence-electron chi connectivity index (χ2n) is 4.69. The van der Waals surface area contributed by atoms with E-state index in [0.717, 1.165) is 26.0 Å². The van der Waals surface area contributed by atoms with Crippen LogP contribution in [0.1, 0.15) is 26.7 Å². The summed E-state index contributed by atoms with van der Waals surface area (Å²) in [7, 11) is 1.68. The topological polar surface area (TPSA) is 42.5 Å². The maximum Gasteiger partial charge on any atom is 0.166 e. The molecule has 1 aliphatic rings. The van der Waals surface area contributed by atoms with Gasteiger partial charge in [0.2, 0.25) is 0 Å². The summed E-state index contributed by atoms with van der Waals surface area (Å²) in [5, 5.41) is 7.14. The van der Waals surface area contributed by atoms with Crippen LogP contribution >= 0.6 is 12.2 Å². The fraction of sp³-hybridized carbons (Fsp3) is 0.909. The highest BCUT2D eigenvalue weighted by molar-refractivity contribution is 7.80. The van der Waals surface area contributed by atoms with Crippen molar-refractivity contribution in [3.8, 4) is 0 Å². The van der Waals surface area contributed by atoms with Gasteiger partial charge in [0.25, 0.3) is 0 Å². The van der Waals surface area contributed by atoms with Gasteiger partial charge in [0.1, 0.15) is 0 Å². The molecule has 94 valence electrons. The zero-order valence-corrected chi connectivity index (χ0v) is 11.2. The first-order valence-corrected chi connectivity index (χ1v) is 6.11. The lowest BCUT2D eigenvalue weighted by Crippen LogP contribution is -2.49. The molecule has 4 nitrogen and oxygen atoms in total. The molecule has 0 aromatic heterocycles. The Morgan fingerprint density at radius 2 is 2.31 bits per heavy atom. The quantitative estimate of drug-likeness (QED) is 0.573. The van der Waals surface area contributed by atoms with Gasteiger partial charge in [0.15, 0.2) is 5.11 Å².